The van der Waals surface area contributed by atoms with Gasteiger partial charge in [0.2, 0.25) is 5.91 Å². The number of carbonyl (C=O) groups is 2. The van der Waals surface area contributed by atoms with E-state index in [0.717, 1.165) is 36.0 Å². The Kier molecular flexibility index (Phi) is 10.2. The minimum Gasteiger partial charge on any atom is -0.493 e. The fourth-order valence-electron chi connectivity index (χ4n) is 3.94. The van der Waals surface area contributed by atoms with Gasteiger partial charge in [0.25, 0.3) is 5.91 Å². The zero-order valence-electron chi connectivity index (χ0n) is 23.2. The van der Waals surface area contributed by atoms with Gasteiger partial charge in [0.15, 0.2) is 22.5 Å². The number of amides is 2. The van der Waals surface area contributed by atoms with Gasteiger partial charge >= 0.3 is 12.4 Å². The summed E-state index contributed by atoms with van der Waals surface area (Å²) in [5.41, 5.74) is -2.11. The van der Waals surface area contributed by atoms with Crippen LogP contribution < -0.4 is 20.1 Å². The molecule has 4 rings (SSSR count). The van der Waals surface area contributed by atoms with Crippen LogP contribution in [0.4, 0.5) is 32.0 Å². The topological polar surface area (TPSA) is 107 Å². The third kappa shape index (κ3) is 8.19. The standard InChI is InChI=1S/C28H22ClF6N5O4S/c1-43-21-9-6-15(10-22(21)44-2)25(42)36-13-23-38-39-26(40(23)18-5-3-4-16(11-18)27(30,31)32)45-14-24(41)37-20-12-17(28(33,34)35)7-8-19(20)29/h3-12H,13-14H2,1-2H3,(H,36,42)(H,37,41). The Labute approximate surface area is 260 Å². The molecule has 4 aromatic rings. The summed E-state index contributed by atoms with van der Waals surface area (Å²) in [5.74, 6) is -1.07. The molecule has 238 valence electrons. The molecule has 0 bridgehead atoms. The number of nitrogens with one attached hydrogen (secondary N) is 2. The lowest BCUT2D eigenvalue weighted by Gasteiger charge is -2.14. The average molecular weight is 674 g/mol. The second kappa shape index (κ2) is 13.7. The van der Waals surface area contributed by atoms with Gasteiger partial charge in [-0.2, -0.15) is 26.3 Å². The van der Waals surface area contributed by atoms with Crippen molar-refractivity contribution in [1.29, 1.82) is 0 Å². The maximum absolute atomic E-state index is 13.5. The molecule has 2 amide bonds. The van der Waals surface area contributed by atoms with Crippen LogP contribution >= 0.6 is 23.4 Å². The molecule has 0 spiro atoms. The summed E-state index contributed by atoms with van der Waals surface area (Å²) in [7, 11) is 2.82. The van der Waals surface area contributed by atoms with E-state index >= 15 is 0 Å². The first-order valence-electron chi connectivity index (χ1n) is 12.6. The first-order valence-corrected chi connectivity index (χ1v) is 14.0. The first kappa shape index (κ1) is 33.5. The number of carbonyl (C=O) groups excluding carboxylic acids is 2. The molecule has 0 fully saturated rings. The van der Waals surface area contributed by atoms with E-state index in [1.165, 1.54) is 49.1 Å². The molecular weight excluding hydrogens is 652 g/mol. The SMILES string of the molecule is COc1ccc(C(=O)NCc2nnc(SCC(=O)Nc3cc(C(F)(F)F)ccc3Cl)n2-c2cccc(C(F)(F)F)c2)cc1OC. The van der Waals surface area contributed by atoms with Crippen LogP contribution in [0.25, 0.3) is 5.69 Å². The van der Waals surface area contributed by atoms with Gasteiger partial charge in [-0.05, 0) is 54.6 Å². The van der Waals surface area contributed by atoms with Crippen molar-refractivity contribution < 1.29 is 45.4 Å². The highest BCUT2D eigenvalue weighted by molar-refractivity contribution is 7.99. The van der Waals surface area contributed by atoms with Crippen molar-refractivity contribution in [3.05, 3.63) is 88.2 Å². The summed E-state index contributed by atoms with van der Waals surface area (Å²) in [5, 5.41) is 12.7. The molecule has 0 radical (unpaired) electrons. The number of thioether (sulfide) groups is 1. The van der Waals surface area contributed by atoms with Crippen LogP contribution in [0.15, 0.2) is 65.8 Å². The molecule has 0 aliphatic heterocycles. The molecule has 3 aromatic carbocycles. The van der Waals surface area contributed by atoms with Crippen LogP contribution in [0.5, 0.6) is 11.5 Å². The maximum atomic E-state index is 13.5. The van der Waals surface area contributed by atoms with E-state index in [4.69, 9.17) is 21.1 Å². The highest BCUT2D eigenvalue weighted by Gasteiger charge is 2.32. The van der Waals surface area contributed by atoms with Gasteiger partial charge < -0.3 is 20.1 Å². The van der Waals surface area contributed by atoms with Crippen LogP contribution in [0.1, 0.15) is 27.3 Å². The number of benzene rings is 3. The number of nitrogens with zero attached hydrogens (tertiary/aromatic N) is 3. The number of alkyl halides is 6. The van der Waals surface area contributed by atoms with Gasteiger partial charge in [-0.25, -0.2) is 0 Å². The van der Waals surface area contributed by atoms with E-state index in [2.05, 4.69) is 20.8 Å². The lowest BCUT2D eigenvalue weighted by molar-refractivity contribution is -0.138. The van der Waals surface area contributed by atoms with E-state index in [1.807, 2.05) is 0 Å². The molecule has 1 heterocycles. The Bertz CT molecular complexity index is 1710. The Morgan fingerprint density at radius 1 is 0.889 bits per heavy atom. The molecule has 0 atom stereocenters. The lowest BCUT2D eigenvalue weighted by atomic mass is 10.2. The summed E-state index contributed by atoms with van der Waals surface area (Å²) < 4.78 is 91.4. The number of methoxy groups -OCH3 is 2. The second-order valence-corrected chi connectivity index (χ2v) is 10.4. The Morgan fingerprint density at radius 3 is 2.24 bits per heavy atom. The number of anilines is 1. The Balaban J connectivity index is 1.58. The molecule has 0 unspecified atom stereocenters. The Morgan fingerprint density at radius 2 is 1.58 bits per heavy atom. The van der Waals surface area contributed by atoms with E-state index in [-0.39, 0.29) is 39.5 Å². The van der Waals surface area contributed by atoms with Crippen molar-refractivity contribution >= 4 is 40.9 Å². The fraction of sp³-hybridized carbons (Fsp3) is 0.214. The molecule has 17 heteroatoms. The summed E-state index contributed by atoms with van der Waals surface area (Å²) >= 11 is 6.70. The maximum Gasteiger partial charge on any atom is 0.416 e. The third-order valence-corrected chi connectivity index (χ3v) is 7.34. The van der Waals surface area contributed by atoms with E-state index < -0.39 is 41.0 Å². The summed E-state index contributed by atoms with van der Waals surface area (Å²) in [6.45, 7) is -0.289. The average Bonchev–Trinajstić information content (AvgIpc) is 3.41. The van der Waals surface area contributed by atoms with Crippen LogP contribution in [0, 0.1) is 0 Å². The predicted octanol–water partition coefficient (Wildman–Crippen LogP) is 6.64. The number of ether oxygens (including phenoxy) is 2. The fourth-order valence-corrected chi connectivity index (χ4v) is 4.88. The molecule has 9 nitrogen and oxygen atoms in total. The normalized spacial score (nSPS) is 11.7. The first-order chi connectivity index (χ1) is 21.2. The van der Waals surface area contributed by atoms with Crippen molar-refractivity contribution in [1.82, 2.24) is 20.1 Å². The van der Waals surface area contributed by atoms with Gasteiger partial charge in [0.1, 0.15) is 0 Å². The van der Waals surface area contributed by atoms with E-state index in [0.29, 0.717) is 17.6 Å². The summed E-state index contributed by atoms with van der Waals surface area (Å²) in [4.78, 5) is 25.5. The Hall–Kier alpha value is -4.44. The highest BCUT2D eigenvalue weighted by Crippen LogP contribution is 2.35. The molecule has 45 heavy (non-hydrogen) atoms. The van der Waals surface area contributed by atoms with Gasteiger partial charge in [-0.15, -0.1) is 10.2 Å². The summed E-state index contributed by atoms with van der Waals surface area (Å²) in [6.07, 6.45) is -9.35. The molecule has 0 saturated heterocycles. The van der Waals surface area contributed by atoms with Gasteiger partial charge in [-0.3, -0.25) is 14.2 Å². The predicted molar refractivity (Wildman–Crippen MR) is 153 cm³/mol. The van der Waals surface area contributed by atoms with E-state index in [9.17, 15) is 35.9 Å². The zero-order chi connectivity index (χ0) is 32.9. The van der Waals surface area contributed by atoms with Crippen molar-refractivity contribution in [3.8, 4) is 17.2 Å². The smallest absolute Gasteiger partial charge is 0.416 e. The van der Waals surface area contributed by atoms with Crippen LogP contribution in [0.3, 0.4) is 0 Å². The van der Waals surface area contributed by atoms with Crippen LogP contribution in [-0.2, 0) is 23.7 Å². The molecule has 0 aliphatic rings. The number of halogens is 7. The number of rotatable bonds is 10. The van der Waals surface area contributed by atoms with Crippen molar-refractivity contribution in [2.45, 2.75) is 24.1 Å². The molecule has 0 saturated carbocycles. The highest BCUT2D eigenvalue weighted by atomic mass is 35.5. The van der Waals surface area contributed by atoms with Crippen LogP contribution in [-0.4, -0.2) is 46.6 Å². The zero-order valence-corrected chi connectivity index (χ0v) is 24.8. The monoisotopic (exact) mass is 673 g/mol. The van der Waals surface area contributed by atoms with Crippen molar-refractivity contribution in [3.63, 3.8) is 0 Å². The molecule has 0 aliphatic carbocycles. The summed E-state index contributed by atoms with van der Waals surface area (Å²) in [6, 6.07) is 11.1. The minimum atomic E-state index is -4.68. The molecule has 2 N–H and O–H groups in total. The largest absolute Gasteiger partial charge is 0.493 e. The number of aromatic nitrogens is 3. The van der Waals surface area contributed by atoms with Gasteiger partial charge in [0, 0.05) is 5.56 Å². The van der Waals surface area contributed by atoms with Crippen molar-refractivity contribution in [2.75, 3.05) is 25.3 Å². The van der Waals surface area contributed by atoms with Gasteiger partial charge in [0.05, 0.1) is 54.0 Å². The molecule has 1 aromatic heterocycles. The molecular formula is C28H22ClF6N5O4S. The lowest BCUT2D eigenvalue weighted by Crippen LogP contribution is -2.25. The van der Waals surface area contributed by atoms with E-state index in [1.54, 1.807) is 0 Å². The minimum absolute atomic E-state index is 0.0194. The van der Waals surface area contributed by atoms with Gasteiger partial charge in [-0.1, -0.05) is 29.4 Å². The quantitative estimate of drug-likeness (QED) is 0.144. The van der Waals surface area contributed by atoms with Crippen LogP contribution in [0.2, 0.25) is 5.02 Å². The number of hydrogen-bond donors (Lipinski definition) is 2. The number of hydrogen-bond acceptors (Lipinski definition) is 7. The van der Waals surface area contributed by atoms with Crippen molar-refractivity contribution in [2.24, 2.45) is 0 Å². The second-order valence-electron chi connectivity index (χ2n) is 9.06. The third-order valence-electron chi connectivity index (χ3n) is 6.08.